The highest BCUT2D eigenvalue weighted by Gasteiger charge is 2.17. The van der Waals surface area contributed by atoms with Crippen LogP contribution < -0.4 is 5.32 Å². The van der Waals surface area contributed by atoms with Crippen molar-refractivity contribution >= 4 is 29.1 Å². The van der Waals surface area contributed by atoms with E-state index in [1.54, 1.807) is 31.9 Å². The Hall–Kier alpha value is -0.810. The van der Waals surface area contributed by atoms with E-state index in [2.05, 4.69) is 5.32 Å². The maximum absolute atomic E-state index is 11.8. The number of rotatable bonds is 7. The zero-order chi connectivity index (χ0) is 16.0. The van der Waals surface area contributed by atoms with Crippen LogP contribution in [0.4, 0.5) is 0 Å². The Kier molecular flexibility index (Phi) is 6.94. The number of carbonyl (C=O) groups is 1. The molecular formula is C15H22Cl2N2O2. The summed E-state index contributed by atoms with van der Waals surface area (Å²) < 4.78 is 0. The highest BCUT2D eigenvalue weighted by molar-refractivity contribution is 6.42. The molecule has 0 atom stereocenters. The molecular weight excluding hydrogens is 311 g/mol. The van der Waals surface area contributed by atoms with Crippen LogP contribution in [-0.4, -0.2) is 48.2 Å². The molecule has 1 rings (SSSR count). The standard InChI is InChI=1S/C15H22Cl2N2O2/c1-15(2,21)10-19(3)9-13(20)18-8-7-11-5-4-6-12(16)14(11)17/h4-6,21H,7-10H2,1-3H3,(H,18,20). The SMILES string of the molecule is CN(CC(=O)NCCc1cccc(Cl)c1Cl)CC(C)(C)O. The molecule has 0 fully saturated rings. The maximum Gasteiger partial charge on any atom is 0.234 e. The van der Waals surface area contributed by atoms with Crippen LogP contribution in [0.3, 0.4) is 0 Å². The number of hydrogen-bond donors (Lipinski definition) is 2. The Morgan fingerprint density at radius 2 is 2.05 bits per heavy atom. The number of likely N-dealkylation sites (N-methyl/N-ethyl adjacent to an activating group) is 1. The third kappa shape index (κ3) is 7.14. The zero-order valence-electron chi connectivity index (χ0n) is 12.6. The van der Waals surface area contributed by atoms with E-state index in [1.807, 2.05) is 12.1 Å². The number of halogens is 2. The van der Waals surface area contributed by atoms with Gasteiger partial charge in [-0.1, -0.05) is 35.3 Å². The van der Waals surface area contributed by atoms with E-state index in [-0.39, 0.29) is 12.5 Å². The Balaban J connectivity index is 2.35. The van der Waals surface area contributed by atoms with Crippen LogP contribution in [-0.2, 0) is 11.2 Å². The molecule has 0 aliphatic rings. The molecule has 0 saturated carbocycles. The second-order valence-corrected chi connectivity index (χ2v) is 6.58. The molecule has 0 saturated heterocycles. The van der Waals surface area contributed by atoms with E-state index < -0.39 is 5.60 Å². The maximum atomic E-state index is 11.8. The van der Waals surface area contributed by atoms with Crippen LogP contribution in [0.15, 0.2) is 18.2 Å². The topological polar surface area (TPSA) is 52.6 Å². The summed E-state index contributed by atoms with van der Waals surface area (Å²) >= 11 is 12.0. The molecule has 0 aromatic heterocycles. The molecule has 21 heavy (non-hydrogen) atoms. The molecule has 0 radical (unpaired) electrons. The highest BCUT2D eigenvalue weighted by Crippen LogP contribution is 2.25. The van der Waals surface area contributed by atoms with Crippen molar-refractivity contribution in [3.8, 4) is 0 Å². The van der Waals surface area contributed by atoms with E-state index in [9.17, 15) is 9.90 Å². The lowest BCUT2D eigenvalue weighted by Gasteiger charge is -2.24. The Morgan fingerprint density at radius 1 is 1.38 bits per heavy atom. The van der Waals surface area contributed by atoms with Gasteiger partial charge in [0.05, 0.1) is 22.2 Å². The summed E-state index contributed by atoms with van der Waals surface area (Å²) in [6.07, 6.45) is 0.625. The second kappa shape index (κ2) is 7.99. The summed E-state index contributed by atoms with van der Waals surface area (Å²) in [7, 11) is 1.80. The van der Waals surface area contributed by atoms with Gasteiger partial charge in [-0.05, 0) is 38.9 Å². The predicted octanol–water partition coefficient (Wildman–Crippen LogP) is 2.35. The lowest BCUT2D eigenvalue weighted by molar-refractivity contribution is -0.122. The molecule has 0 spiro atoms. The molecule has 2 N–H and O–H groups in total. The van der Waals surface area contributed by atoms with Crippen LogP contribution in [0, 0.1) is 0 Å². The first-order chi connectivity index (χ1) is 9.69. The van der Waals surface area contributed by atoms with Gasteiger partial charge in [0.2, 0.25) is 5.91 Å². The van der Waals surface area contributed by atoms with Crippen molar-refractivity contribution in [3.05, 3.63) is 33.8 Å². The fourth-order valence-electron chi connectivity index (χ4n) is 2.10. The van der Waals surface area contributed by atoms with Crippen molar-refractivity contribution in [3.63, 3.8) is 0 Å². The van der Waals surface area contributed by atoms with E-state index in [0.29, 0.717) is 29.6 Å². The van der Waals surface area contributed by atoms with Gasteiger partial charge < -0.3 is 10.4 Å². The molecule has 118 valence electrons. The number of benzene rings is 1. The number of nitrogens with zero attached hydrogens (tertiary/aromatic N) is 1. The van der Waals surface area contributed by atoms with Crippen LogP contribution in [0.25, 0.3) is 0 Å². The molecule has 0 heterocycles. The summed E-state index contributed by atoms with van der Waals surface area (Å²) in [6, 6.07) is 5.46. The summed E-state index contributed by atoms with van der Waals surface area (Å²) in [5.41, 5.74) is 0.0953. The largest absolute Gasteiger partial charge is 0.389 e. The van der Waals surface area contributed by atoms with E-state index in [0.717, 1.165) is 5.56 Å². The van der Waals surface area contributed by atoms with Crippen LogP contribution in [0.5, 0.6) is 0 Å². The van der Waals surface area contributed by atoms with Gasteiger partial charge in [0.1, 0.15) is 0 Å². The Labute approximate surface area is 136 Å². The average molecular weight is 333 g/mol. The number of amides is 1. The summed E-state index contributed by atoms with van der Waals surface area (Å²) in [4.78, 5) is 13.6. The first-order valence-corrected chi connectivity index (χ1v) is 7.55. The van der Waals surface area contributed by atoms with Gasteiger partial charge in [0.15, 0.2) is 0 Å². The van der Waals surface area contributed by atoms with Gasteiger partial charge >= 0.3 is 0 Å². The molecule has 1 amide bonds. The molecule has 4 nitrogen and oxygen atoms in total. The number of aliphatic hydroxyl groups is 1. The van der Waals surface area contributed by atoms with Gasteiger partial charge in [-0.15, -0.1) is 0 Å². The van der Waals surface area contributed by atoms with Crippen molar-refractivity contribution in [2.24, 2.45) is 0 Å². The summed E-state index contributed by atoms with van der Waals surface area (Å²) in [5.74, 6) is -0.0834. The molecule has 0 aliphatic carbocycles. The van der Waals surface area contributed by atoms with Crippen LogP contribution in [0.2, 0.25) is 10.0 Å². The number of nitrogens with one attached hydrogen (secondary N) is 1. The van der Waals surface area contributed by atoms with Gasteiger partial charge in [-0.2, -0.15) is 0 Å². The van der Waals surface area contributed by atoms with Crippen molar-refractivity contribution in [2.75, 3.05) is 26.7 Å². The molecule has 0 bridgehead atoms. The Bertz CT molecular complexity index is 487. The fourth-order valence-corrected chi connectivity index (χ4v) is 2.51. The first kappa shape index (κ1) is 18.2. The smallest absolute Gasteiger partial charge is 0.234 e. The van der Waals surface area contributed by atoms with Gasteiger partial charge in [-0.3, -0.25) is 9.69 Å². The normalized spacial score (nSPS) is 11.8. The Morgan fingerprint density at radius 3 is 2.67 bits per heavy atom. The van der Waals surface area contributed by atoms with Gasteiger partial charge in [0.25, 0.3) is 0 Å². The molecule has 1 aromatic carbocycles. The molecule has 0 aliphatic heterocycles. The van der Waals surface area contributed by atoms with E-state index >= 15 is 0 Å². The minimum atomic E-state index is -0.816. The van der Waals surface area contributed by atoms with E-state index in [4.69, 9.17) is 23.2 Å². The highest BCUT2D eigenvalue weighted by atomic mass is 35.5. The van der Waals surface area contributed by atoms with E-state index in [1.165, 1.54) is 0 Å². The van der Waals surface area contributed by atoms with Crippen molar-refractivity contribution in [1.29, 1.82) is 0 Å². The minimum Gasteiger partial charge on any atom is -0.389 e. The number of carbonyl (C=O) groups excluding carboxylic acids is 1. The summed E-state index contributed by atoms with van der Waals surface area (Å²) in [6.45, 7) is 4.59. The third-order valence-electron chi connectivity index (χ3n) is 2.82. The van der Waals surface area contributed by atoms with Crippen molar-refractivity contribution in [1.82, 2.24) is 10.2 Å². The van der Waals surface area contributed by atoms with Crippen molar-refractivity contribution < 1.29 is 9.90 Å². The first-order valence-electron chi connectivity index (χ1n) is 6.79. The van der Waals surface area contributed by atoms with Crippen molar-refractivity contribution in [2.45, 2.75) is 25.9 Å². The fraction of sp³-hybridized carbons (Fsp3) is 0.533. The van der Waals surface area contributed by atoms with Crippen LogP contribution in [0.1, 0.15) is 19.4 Å². The molecule has 6 heteroatoms. The third-order valence-corrected chi connectivity index (χ3v) is 3.68. The molecule has 1 aromatic rings. The minimum absolute atomic E-state index is 0.0834. The number of hydrogen-bond acceptors (Lipinski definition) is 3. The monoisotopic (exact) mass is 332 g/mol. The molecule has 0 unspecified atom stereocenters. The predicted molar refractivity (Wildman–Crippen MR) is 87.0 cm³/mol. The quantitative estimate of drug-likeness (QED) is 0.805. The van der Waals surface area contributed by atoms with Crippen LogP contribution >= 0.6 is 23.2 Å². The lowest BCUT2D eigenvalue weighted by atomic mass is 10.1. The van der Waals surface area contributed by atoms with Gasteiger partial charge in [-0.25, -0.2) is 0 Å². The average Bonchev–Trinajstić information content (AvgIpc) is 2.32. The second-order valence-electron chi connectivity index (χ2n) is 5.80. The zero-order valence-corrected chi connectivity index (χ0v) is 14.1. The lowest BCUT2D eigenvalue weighted by Crippen LogP contribution is -2.42. The van der Waals surface area contributed by atoms with Gasteiger partial charge in [0, 0.05) is 13.1 Å². The summed E-state index contributed by atoms with van der Waals surface area (Å²) in [5, 5.41) is 13.6.